The third-order valence-corrected chi connectivity index (χ3v) is 4.02. The van der Waals surface area contributed by atoms with Gasteiger partial charge in [-0.2, -0.15) is 0 Å². The number of hydrogen-bond donors (Lipinski definition) is 1. The summed E-state index contributed by atoms with van der Waals surface area (Å²) in [6.07, 6.45) is -1.99. The molecule has 2 aliphatic heterocycles. The quantitative estimate of drug-likeness (QED) is 0.827. The van der Waals surface area contributed by atoms with Gasteiger partial charge in [-0.1, -0.05) is 36.4 Å². The summed E-state index contributed by atoms with van der Waals surface area (Å²) in [5, 5.41) is 10.4. The molecule has 23 heavy (non-hydrogen) atoms. The maximum absolute atomic E-state index is 10.4. The molecule has 0 aromatic heterocycles. The van der Waals surface area contributed by atoms with E-state index in [1.165, 1.54) is 7.11 Å². The van der Waals surface area contributed by atoms with E-state index >= 15 is 0 Å². The van der Waals surface area contributed by atoms with Crippen LogP contribution in [0.15, 0.2) is 43.0 Å². The van der Waals surface area contributed by atoms with Crippen molar-refractivity contribution in [3.05, 3.63) is 48.6 Å². The molecule has 0 bridgehead atoms. The van der Waals surface area contributed by atoms with Gasteiger partial charge in [-0.25, -0.2) is 0 Å². The van der Waals surface area contributed by atoms with Gasteiger partial charge in [0.1, 0.15) is 24.4 Å². The molecule has 0 amide bonds. The van der Waals surface area contributed by atoms with Gasteiger partial charge in [0.2, 0.25) is 0 Å². The van der Waals surface area contributed by atoms with Crippen LogP contribution in [-0.4, -0.2) is 56.1 Å². The van der Waals surface area contributed by atoms with Crippen LogP contribution >= 0.6 is 0 Å². The summed E-state index contributed by atoms with van der Waals surface area (Å²) in [5.41, 5.74) is 0.914. The molecule has 0 aliphatic carbocycles. The molecule has 6 atom stereocenters. The summed E-state index contributed by atoms with van der Waals surface area (Å²) in [5.74, 6) is 0. The first-order valence-corrected chi connectivity index (χ1v) is 7.65. The second-order valence-corrected chi connectivity index (χ2v) is 5.53. The van der Waals surface area contributed by atoms with Crippen LogP contribution in [0.5, 0.6) is 0 Å². The zero-order valence-electron chi connectivity index (χ0n) is 13.0. The fourth-order valence-corrected chi connectivity index (χ4v) is 2.91. The van der Waals surface area contributed by atoms with Crippen molar-refractivity contribution >= 4 is 0 Å². The summed E-state index contributed by atoms with van der Waals surface area (Å²) >= 11 is 0. The van der Waals surface area contributed by atoms with Gasteiger partial charge in [-0.05, 0) is 0 Å². The molecule has 0 saturated carbocycles. The molecule has 0 radical (unpaired) electrons. The van der Waals surface area contributed by atoms with E-state index in [1.807, 2.05) is 30.3 Å². The third kappa shape index (κ3) is 3.47. The Kier molecular flexibility index (Phi) is 5.42. The van der Waals surface area contributed by atoms with Crippen LogP contribution in [0, 0.1) is 0 Å². The minimum Gasteiger partial charge on any atom is -0.385 e. The predicted molar refractivity (Wildman–Crippen MR) is 81.6 cm³/mol. The fourth-order valence-electron chi connectivity index (χ4n) is 2.91. The second kappa shape index (κ2) is 7.53. The maximum atomic E-state index is 10.4. The first-order valence-electron chi connectivity index (χ1n) is 7.65. The van der Waals surface area contributed by atoms with E-state index in [-0.39, 0.29) is 6.10 Å². The lowest BCUT2D eigenvalue weighted by molar-refractivity contribution is -0.362. The molecule has 0 unspecified atom stereocenters. The van der Waals surface area contributed by atoms with Crippen molar-refractivity contribution in [2.45, 2.75) is 37.0 Å². The van der Waals surface area contributed by atoms with Crippen LogP contribution in [-0.2, 0) is 23.7 Å². The van der Waals surface area contributed by atoms with Gasteiger partial charge in [0.05, 0.1) is 13.2 Å². The number of hydrogen-bond acceptors (Lipinski definition) is 6. The zero-order valence-corrected chi connectivity index (χ0v) is 13.0. The number of ether oxygens (including phenoxy) is 5. The van der Waals surface area contributed by atoms with Crippen molar-refractivity contribution in [3.8, 4) is 0 Å². The van der Waals surface area contributed by atoms with Gasteiger partial charge < -0.3 is 28.8 Å². The summed E-state index contributed by atoms with van der Waals surface area (Å²) < 4.78 is 28.4. The molecular formula is C17H22O6. The SMILES string of the molecule is C=CCO[C@@H]1[C@H](O)[C@@H](OC)O[C@@H]2CO[C@@H](c3ccccc3)O[C@@H]12. The Labute approximate surface area is 135 Å². The molecule has 126 valence electrons. The maximum Gasteiger partial charge on any atom is 0.186 e. The van der Waals surface area contributed by atoms with E-state index in [0.29, 0.717) is 13.2 Å². The molecule has 6 nitrogen and oxygen atoms in total. The predicted octanol–water partition coefficient (Wildman–Crippen LogP) is 1.40. The minimum atomic E-state index is -0.948. The molecular weight excluding hydrogens is 300 g/mol. The van der Waals surface area contributed by atoms with Crippen molar-refractivity contribution < 1.29 is 28.8 Å². The largest absolute Gasteiger partial charge is 0.385 e. The van der Waals surface area contributed by atoms with Crippen molar-refractivity contribution in [3.63, 3.8) is 0 Å². The van der Waals surface area contributed by atoms with E-state index in [9.17, 15) is 5.11 Å². The Morgan fingerprint density at radius 1 is 1.30 bits per heavy atom. The van der Waals surface area contributed by atoms with Gasteiger partial charge in [0.15, 0.2) is 12.6 Å². The molecule has 1 aromatic rings. The third-order valence-electron chi connectivity index (χ3n) is 4.02. The van der Waals surface area contributed by atoms with Crippen LogP contribution < -0.4 is 0 Å². The Bertz CT molecular complexity index is 507. The van der Waals surface area contributed by atoms with E-state index in [2.05, 4.69) is 6.58 Å². The summed E-state index contributed by atoms with van der Waals surface area (Å²) in [6.45, 7) is 4.29. The lowest BCUT2D eigenvalue weighted by atomic mass is 9.97. The standard InChI is InChI=1S/C17H22O6/c1-3-9-20-15-13(18)17(19-2)22-12-10-21-16(23-14(12)15)11-7-5-4-6-8-11/h3-8,12-18H,1,9-10H2,2H3/t12-,13+,14-,15-,16-,17+/m1/s1. The average molecular weight is 322 g/mol. The Morgan fingerprint density at radius 2 is 2.09 bits per heavy atom. The summed E-state index contributed by atoms with van der Waals surface area (Å²) in [7, 11) is 1.48. The highest BCUT2D eigenvalue weighted by Gasteiger charge is 2.50. The molecule has 1 aromatic carbocycles. The number of methoxy groups -OCH3 is 1. The van der Waals surface area contributed by atoms with E-state index in [4.69, 9.17) is 23.7 Å². The number of aliphatic hydroxyl groups excluding tert-OH is 1. The Hall–Kier alpha value is -1.28. The number of aliphatic hydroxyl groups is 1. The van der Waals surface area contributed by atoms with Crippen LogP contribution in [0.3, 0.4) is 0 Å². The number of fused-ring (bicyclic) bond motifs is 1. The highest BCUT2D eigenvalue weighted by molar-refractivity contribution is 5.16. The molecule has 1 N–H and O–H groups in total. The van der Waals surface area contributed by atoms with E-state index in [1.54, 1.807) is 6.08 Å². The normalized spacial score (nSPS) is 37.1. The van der Waals surface area contributed by atoms with Gasteiger partial charge >= 0.3 is 0 Å². The van der Waals surface area contributed by atoms with Crippen LogP contribution in [0.4, 0.5) is 0 Å². The average Bonchev–Trinajstić information content (AvgIpc) is 2.61. The topological polar surface area (TPSA) is 66.4 Å². The highest BCUT2D eigenvalue weighted by Crippen LogP contribution is 2.35. The van der Waals surface area contributed by atoms with E-state index < -0.39 is 30.9 Å². The zero-order chi connectivity index (χ0) is 16.2. The van der Waals surface area contributed by atoms with Gasteiger partial charge in [-0.3, -0.25) is 0 Å². The lowest BCUT2D eigenvalue weighted by Crippen LogP contribution is -2.62. The van der Waals surface area contributed by atoms with E-state index in [0.717, 1.165) is 5.56 Å². The first-order chi connectivity index (χ1) is 11.2. The van der Waals surface area contributed by atoms with Crippen molar-refractivity contribution in [1.82, 2.24) is 0 Å². The van der Waals surface area contributed by atoms with Gasteiger partial charge in [0.25, 0.3) is 0 Å². The van der Waals surface area contributed by atoms with Gasteiger partial charge in [-0.15, -0.1) is 6.58 Å². The van der Waals surface area contributed by atoms with Crippen molar-refractivity contribution in [2.75, 3.05) is 20.3 Å². The minimum absolute atomic E-state index is 0.307. The Morgan fingerprint density at radius 3 is 2.78 bits per heavy atom. The second-order valence-electron chi connectivity index (χ2n) is 5.53. The Balaban J connectivity index is 1.77. The molecule has 3 rings (SSSR count). The van der Waals surface area contributed by atoms with Crippen molar-refractivity contribution in [1.29, 1.82) is 0 Å². The monoisotopic (exact) mass is 322 g/mol. The number of benzene rings is 1. The van der Waals surface area contributed by atoms with Crippen molar-refractivity contribution in [2.24, 2.45) is 0 Å². The fraction of sp³-hybridized carbons (Fsp3) is 0.529. The van der Waals surface area contributed by atoms with Crippen LogP contribution in [0.25, 0.3) is 0 Å². The molecule has 2 aliphatic rings. The van der Waals surface area contributed by atoms with Crippen LogP contribution in [0.2, 0.25) is 0 Å². The molecule has 2 saturated heterocycles. The summed E-state index contributed by atoms with van der Waals surface area (Å²) in [6, 6.07) is 9.65. The molecule has 0 spiro atoms. The molecule has 2 heterocycles. The smallest absolute Gasteiger partial charge is 0.186 e. The summed E-state index contributed by atoms with van der Waals surface area (Å²) in [4.78, 5) is 0. The highest BCUT2D eigenvalue weighted by atomic mass is 16.8. The first kappa shape index (κ1) is 16.6. The molecule has 6 heteroatoms. The lowest BCUT2D eigenvalue weighted by Gasteiger charge is -2.47. The number of rotatable bonds is 5. The van der Waals surface area contributed by atoms with Gasteiger partial charge in [0, 0.05) is 12.7 Å². The molecule has 2 fully saturated rings. The van der Waals surface area contributed by atoms with Crippen LogP contribution in [0.1, 0.15) is 11.9 Å².